The lowest BCUT2D eigenvalue weighted by atomic mass is 10.2. The van der Waals surface area contributed by atoms with Crippen LogP contribution in [0.25, 0.3) is 10.9 Å². The highest BCUT2D eigenvalue weighted by atomic mass is 35.5. The van der Waals surface area contributed by atoms with Gasteiger partial charge in [-0.1, -0.05) is 23.2 Å². The number of fused-ring (bicyclic) bond motifs is 1. The summed E-state index contributed by atoms with van der Waals surface area (Å²) >= 11 is 11.8. The van der Waals surface area contributed by atoms with Crippen LogP contribution in [-0.2, 0) is 6.54 Å². The number of nitrogens with zero attached hydrogens (tertiary/aromatic N) is 2. The van der Waals surface area contributed by atoms with Gasteiger partial charge in [0.1, 0.15) is 11.0 Å². The van der Waals surface area contributed by atoms with E-state index in [1.165, 1.54) is 0 Å². The van der Waals surface area contributed by atoms with Crippen molar-refractivity contribution < 1.29 is 0 Å². The largest absolute Gasteiger partial charge is 0.324 e. The van der Waals surface area contributed by atoms with Crippen molar-refractivity contribution in [3.05, 3.63) is 34.2 Å². The predicted octanol–water partition coefficient (Wildman–Crippen LogP) is 2.40. The highest BCUT2D eigenvalue weighted by Gasteiger charge is 2.04. The Balaban J connectivity index is 2.77. The van der Waals surface area contributed by atoms with Crippen LogP contribution in [0.5, 0.6) is 0 Å². The second-order valence-electron chi connectivity index (χ2n) is 2.80. The molecule has 0 fully saturated rings. The standard InChI is InChI=1S/C9H7Cl2N3/c10-5-1-2-6-7(3-5)13-8(4-12)14-9(6)11/h1-3H,4,12H2. The summed E-state index contributed by atoms with van der Waals surface area (Å²) in [7, 11) is 0. The zero-order chi connectivity index (χ0) is 10.1. The average molecular weight is 228 g/mol. The number of aromatic nitrogens is 2. The minimum Gasteiger partial charge on any atom is -0.324 e. The molecular formula is C9H7Cl2N3. The third kappa shape index (κ3) is 1.66. The normalized spacial score (nSPS) is 10.8. The SMILES string of the molecule is NCc1nc(Cl)c2ccc(Cl)cc2n1. The van der Waals surface area contributed by atoms with Gasteiger partial charge in [0.2, 0.25) is 0 Å². The van der Waals surface area contributed by atoms with E-state index in [-0.39, 0.29) is 6.54 Å². The Morgan fingerprint density at radius 2 is 2.00 bits per heavy atom. The minimum absolute atomic E-state index is 0.266. The minimum atomic E-state index is 0.266. The van der Waals surface area contributed by atoms with Crippen LogP contribution in [-0.4, -0.2) is 9.97 Å². The van der Waals surface area contributed by atoms with Crippen molar-refractivity contribution in [2.24, 2.45) is 5.73 Å². The molecule has 0 unspecified atom stereocenters. The first-order valence-electron chi connectivity index (χ1n) is 4.02. The van der Waals surface area contributed by atoms with E-state index in [0.717, 1.165) is 10.9 Å². The molecule has 0 saturated heterocycles. The predicted molar refractivity (Wildman–Crippen MR) is 57.4 cm³/mol. The van der Waals surface area contributed by atoms with Gasteiger partial charge < -0.3 is 5.73 Å². The lowest BCUT2D eigenvalue weighted by Crippen LogP contribution is -2.03. The Morgan fingerprint density at radius 1 is 1.21 bits per heavy atom. The van der Waals surface area contributed by atoms with Gasteiger partial charge in [-0.15, -0.1) is 0 Å². The first-order chi connectivity index (χ1) is 6.70. The first kappa shape index (κ1) is 9.65. The van der Waals surface area contributed by atoms with E-state index >= 15 is 0 Å². The Morgan fingerprint density at radius 3 is 2.71 bits per heavy atom. The van der Waals surface area contributed by atoms with E-state index in [9.17, 15) is 0 Å². The molecule has 1 aromatic carbocycles. The Bertz CT molecular complexity index is 485. The van der Waals surface area contributed by atoms with E-state index in [2.05, 4.69) is 9.97 Å². The Kier molecular flexibility index (Phi) is 2.54. The van der Waals surface area contributed by atoms with Gasteiger partial charge in [-0.2, -0.15) is 0 Å². The fourth-order valence-electron chi connectivity index (χ4n) is 1.20. The maximum Gasteiger partial charge on any atom is 0.144 e. The third-order valence-electron chi connectivity index (χ3n) is 1.84. The molecule has 2 rings (SSSR count). The zero-order valence-corrected chi connectivity index (χ0v) is 8.68. The molecule has 0 aliphatic rings. The summed E-state index contributed by atoms with van der Waals surface area (Å²) in [5.74, 6) is 0.518. The number of hydrogen-bond donors (Lipinski definition) is 1. The number of nitrogens with two attached hydrogens (primary N) is 1. The lowest BCUT2D eigenvalue weighted by Gasteiger charge is -2.02. The van der Waals surface area contributed by atoms with Crippen molar-refractivity contribution >= 4 is 34.1 Å². The number of hydrogen-bond acceptors (Lipinski definition) is 3. The van der Waals surface area contributed by atoms with Crippen LogP contribution in [0.3, 0.4) is 0 Å². The van der Waals surface area contributed by atoms with Crippen LogP contribution in [0.1, 0.15) is 5.82 Å². The molecule has 0 radical (unpaired) electrons. The average Bonchev–Trinajstić information content (AvgIpc) is 2.16. The monoisotopic (exact) mass is 227 g/mol. The highest BCUT2D eigenvalue weighted by Crippen LogP contribution is 2.23. The number of benzene rings is 1. The summed E-state index contributed by atoms with van der Waals surface area (Å²) in [6, 6.07) is 5.28. The molecule has 0 spiro atoms. The van der Waals surface area contributed by atoms with Crippen molar-refractivity contribution in [2.45, 2.75) is 6.54 Å². The smallest absolute Gasteiger partial charge is 0.144 e. The van der Waals surface area contributed by atoms with E-state index in [0.29, 0.717) is 16.0 Å². The molecule has 2 N–H and O–H groups in total. The summed E-state index contributed by atoms with van der Waals surface area (Å²) < 4.78 is 0. The van der Waals surface area contributed by atoms with Gasteiger partial charge in [0.05, 0.1) is 12.1 Å². The van der Waals surface area contributed by atoms with Crippen LogP contribution >= 0.6 is 23.2 Å². The summed E-state index contributed by atoms with van der Waals surface area (Å²) in [5.41, 5.74) is 6.15. The summed E-state index contributed by atoms with van der Waals surface area (Å²) in [5, 5.41) is 1.82. The van der Waals surface area contributed by atoms with Crippen molar-refractivity contribution in [1.29, 1.82) is 0 Å². The number of rotatable bonds is 1. The van der Waals surface area contributed by atoms with Crippen molar-refractivity contribution in [1.82, 2.24) is 9.97 Å². The summed E-state index contributed by atoms with van der Waals surface area (Å²) in [6.45, 7) is 0.266. The molecule has 3 nitrogen and oxygen atoms in total. The van der Waals surface area contributed by atoms with Crippen molar-refractivity contribution in [2.75, 3.05) is 0 Å². The Labute approximate surface area is 90.9 Å². The number of halogens is 2. The molecule has 0 aliphatic carbocycles. The maximum absolute atomic E-state index is 5.94. The molecular weight excluding hydrogens is 221 g/mol. The first-order valence-corrected chi connectivity index (χ1v) is 4.78. The van der Waals surface area contributed by atoms with Gasteiger partial charge in [0, 0.05) is 10.4 Å². The van der Waals surface area contributed by atoms with E-state index in [1.807, 2.05) is 0 Å². The molecule has 1 aromatic heterocycles. The van der Waals surface area contributed by atoms with Gasteiger partial charge >= 0.3 is 0 Å². The van der Waals surface area contributed by atoms with Gasteiger partial charge in [-0.3, -0.25) is 0 Å². The van der Waals surface area contributed by atoms with Gasteiger partial charge in [0.25, 0.3) is 0 Å². The van der Waals surface area contributed by atoms with Gasteiger partial charge in [-0.05, 0) is 18.2 Å². The second kappa shape index (κ2) is 3.69. The van der Waals surface area contributed by atoms with Crippen molar-refractivity contribution in [3.63, 3.8) is 0 Å². The van der Waals surface area contributed by atoms with E-state index in [4.69, 9.17) is 28.9 Å². The lowest BCUT2D eigenvalue weighted by molar-refractivity contribution is 0.927. The fraction of sp³-hybridized carbons (Fsp3) is 0.111. The quantitative estimate of drug-likeness (QED) is 0.762. The van der Waals surface area contributed by atoms with Crippen LogP contribution < -0.4 is 5.73 Å². The highest BCUT2D eigenvalue weighted by molar-refractivity contribution is 6.35. The summed E-state index contributed by atoms with van der Waals surface area (Å²) in [6.07, 6.45) is 0. The molecule has 0 amide bonds. The zero-order valence-electron chi connectivity index (χ0n) is 7.17. The molecule has 0 saturated carbocycles. The molecule has 0 bridgehead atoms. The van der Waals surface area contributed by atoms with Gasteiger partial charge in [0.15, 0.2) is 0 Å². The molecule has 1 heterocycles. The van der Waals surface area contributed by atoms with Crippen LogP contribution in [0.15, 0.2) is 18.2 Å². The topological polar surface area (TPSA) is 51.8 Å². The molecule has 2 aromatic rings. The third-order valence-corrected chi connectivity index (χ3v) is 2.36. The Hall–Kier alpha value is -0.900. The van der Waals surface area contributed by atoms with Gasteiger partial charge in [-0.25, -0.2) is 9.97 Å². The molecule has 5 heteroatoms. The van der Waals surface area contributed by atoms with Crippen LogP contribution in [0.2, 0.25) is 10.2 Å². The second-order valence-corrected chi connectivity index (χ2v) is 3.59. The fourth-order valence-corrected chi connectivity index (χ4v) is 1.62. The van der Waals surface area contributed by atoms with E-state index in [1.54, 1.807) is 18.2 Å². The maximum atomic E-state index is 5.94. The van der Waals surface area contributed by atoms with E-state index < -0.39 is 0 Å². The molecule has 0 aliphatic heterocycles. The van der Waals surface area contributed by atoms with Crippen LogP contribution in [0.4, 0.5) is 0 Å². The van der Waals surface area contributed by atoms with Crippen molar-refractivity contribution in [3.8, 4) is 0 Å². The molecule has 72 valence electrons. The molecule has 0 atom stereocenters. The van der Waals surface area contributed by atoms with Crippen LogP contribution in [0, 0.1) is 0 Å². The summed E-state index contributed by atoms with van der Waals surface area (Å²) in [4.78, 5) is 8.25. The molecule has 14 heavy (non-hydrogen) atoms.